The van der Waals surface area contributed by atoms with E-state index < -0.39 is 15.2 Å². The zero-order chi connectivity index (χ0) is 23.2. The second-order valence-corrected chi connectivity index (χ2v) is 11.6. The second kappa shape index (κ2) is 14.6. The summed E-state index contributed by atoms with van der Waals surface area (Å²) in [6.07, 6.45) is 0.407. The smallest absolute Gasteiger partial charge is 0.336 e. The van der Waals surface area contributed by atoms with Crippen molar-refractivity contribution in [2.24, 2.45) is 0 Å². The highest BCUT2D eigenvalue weighted by molar-refractivity contribution is 7.54. The number of nitrogens with zero attached hydrogens (tertiary/aromatic N) is 1. The van der Waals surface area contributed by atoms with Crippen molar-refractivity contribution in [3.05, 3.63) is 35.9 Å². The quantitative estimate of drug-likeness (QED) is 0.244. The zero-order valence-corrected chi connectivity index (χ0v) is 21.2. The van der Waals surface area contributed by atoms with Crippen LogP contribution in [0.25, 0.3) is 0 Å². The summed E-state index contributed by atoms with van der Waals surface area (Å²) in [5.41, 5.74) is 1.07. The first-order valence-corrected chi connectivity index (χ1v) is 14.5. The zero-order valence-electron chi connectivity index (χ0n) is 19.4. The standard InChI is InChI=1S/C21H40NO7P2/c1-5-26-30(24,27-6-2)18-15-22(14-17-23,20-21-12-10-9-11-13-21)16-19-31(25,28-7-3)29-8-4/h9-13,23H,5-8,14-20H2,1-4H3/q+1. The lowest BCUT2D eigenvalue weighted by Gasteiger charge is -2.39. The fourth-order valence-corrected chi connectivity index (χ4v) is 7.12. The van der Waals surface area contributed by atoms with E-state index in [1.807, 2.05) is 30.3 Å². The maximum absolute atomic E-state index is 13.1. The second-order valence-electron chi connectivity index (χ2n) is 7.22. The van der Waals surface area contributed by atoms with Crippen molar-refractivity contribution in [1.82, 2.24) is 0 Å². The van der Waals surface area contributed by atoms with E-state index in [0.717, 1.165) is 5.56 Å². The molecule has 0 unspecified atom stereocenters. The summed E-state index contributed by atoms with van der Waals surface area (Å²) in [6.45, 7) is 10.1. The lowest BCUT2D eigenvalue weighted by molar-refractivity contribution is -0.937. The Kier molecular flexibility index (Phi) is 13.4. The molecule has 0 aliphatic rings. The van der Waals surface area contributed by atoms with Gasteiger partial charge in [-0.2, -0.15) is 0 Å². The van der Waals surface area contributed by atoms with E-state index in [9.17, 15) is 14.2 Å². The van der Waals surface area contributed by atoms with Gasteiger partial charge >= 0.3 is 15.2 Å². The third-order valence-electron chi connectivity index (χ3n) is 4.93. The van der Waals surface area contributed by atoms with Crippen molar-refractivity contribution in [1.29, 1.82) is 0 Å². The first kappa shape index (κ1) is 28.5. The van der Waals surface area contributed by atoms with Gasteiger partial charge in [-0.05, 0) is 27.7 Å². The van der Waals surface area contributed by atoms with Crippen LogP contribution in [0.3, 0.4) is 0 Å². The molecular formula is C21H40NO7P2+. The van der Waals surface area contributed by atoms with Gasteiger partial charge in [-0.25, -0.2) is 0 Å². The number of benzene rings is 1. The molecule has 0 fully saturated rings. The van der Waals surface area contributed by atoms with Gasteiger partial charge in [-0.1, -0.05) is 30.3 Å². The van der Waals surface area contributed by atoms with Gasteiger partial charge in [0.25, 0.3) is 0 Å². The minimum Gasteiger partial charge on any atom is -0.391 e. The maximum Gasteiger partial charge on any atom is 0.336 e. The minimum absolute atomic E-state index is 0.0615. The van der Waals surface area contributed by atoms with Crippen LogP contribution < -0.4 is 0 Å². The van der Waals surface area contributed by atoms with Crippen molar-refractivity contribution in [3.8, 4) is 0 Å². The van der Waals surface area contributed by atoms with Crippen LogP contribution in [0.5, 0.6) is 0 Å². The van der Waals surface area contributed by atoms with Gasteiger partial charge < -0.3 is 27.7 Å². The number of rotatable bonds is 18. The van der Waals surface area contributed by atoms with Crippen LogP contribution in [-0.4, -0.2) is 74.6 Å². The Labute approximate surface area is 187 Å². The summed E-state index contributed by atoms with van der Waals surface area (Å²) >= 11 is 0. The monoisotopic (exact) mass is 480 g/mol. The Balaban J connectivity index is 3.17. The van der Waals surface area contributed by atoms with Crippen LogP contribution in [0, 0.1) is 0 Å². The molecule has 8 nitrogen and oxygen atoms in total. The molecule has 180 valence electrons. The Morgan fingerprint density at radius 1 is 0.742 bits per heavy atom. The largest absolute Gasteiger partial charge is 0.391 e. The Hall–Kier alpha value is -0.560. The van der Waals surface area contributed by atoms with Crippen molar-refractivity contribution in [3.63, 3.8) is 0 Å². The minimum atomic E-state index is -3.26. The molecule has 0 saturated heterocycles. The third-order valence-corrected chi connectivity index (χ3v) is 9.04. The van der Waals surface area contributed by atoms with E-state index in [2.05, 4.69) is 0 Å². The fourth-order valence-electron chi connectivity index (χ4n) is 3.54. The van der Waals surface area contributed by atoms with Gasteiger partial charge in [-0.15, -0.1) is 0 Å². The Bertz CT molecular complexity index is 648. The third kappa shape index (κ3) is 10.3. The van der Waals surface area contributed by atoms with Crippen LogP contribution in [-0.2, 0) is 33.8 Å². The molecule has 0 atom stereocenters. The van der Waals surface area contributed by atoms with Crippen molar-refractivity contribution in [2.45, 2.75) is 34.2 Å². The van der Waals surface area contributed by atoms with E-state index in [0.29, 0.717) is 57.1 Å². The van der Waals surface area contributed by atoms with Crippen LogP contribution in [0.4, 0.5) is 0 Å². The van der Waals surface area contributed by atoms with Gasteiger partial charge in [0, 0.05) is 5.56 Å². The molecule has 1 aromatic carbocycles. The summed E-state index contributed by atoms with van der Waals surface area (Å²) in [4.78, 5) is 0. The highest BCUT2D eigenvalue weighted by Crippen LogP contribution is 2.50. The highest BCUT2D eigenvalue weighted by atomic mass is 31.2. The summed E-state index contributed by atoms with van der Waals surface area (Å²) in [6, 6.07) is 9.89. The van der Waals surface area contributed by atoms with Crippen LogP contribution in [0.1, 0.15) is 33.3 Å². The molecule has 0 aliphatic carbocycles. The maximum atomic E-state index is 13.1. The summed E-state index contributed by atoms with van der Waals surface area (Å²) < 4.78 is 48.5. The number of hydrogen-bond acceptors (Lipinski definition) is 7. The lowest BCUT2D eigenvalue weighted by Crippen LogP contribution is -2.52. The first-order chi connectivity index (χ1) is 14.8. The van der Waals surface area contributed by atoms with E-state index in [4.69, 9.17) is 18.1 Å². The number of aliphatic hydroxyl groups is 1. The average Bonchev–Trinajstić information content (AvgIpc) is 2.73. The van der Waals surface area contributed by atoms with E-state index in [1.54, 1.807) is 27.7 Å². The Morgan fingerprint density at radius 3 is 1.52 bits per heavy atom. The van der Waals surface area contributed by atoms with Crippen LogP contribution in [0.2, 0.25) is 0 Å². The van der Waals surface area contributed by atoms with Crippen molar-refractivity contribution >= 4 is 15.2 Å². The van der Waals surface area contributed by atoms with Crippen molar-refractivity contribution in [2.75, 3.05) is 65.0 Å². The van der Waals surface area contributed by atoms with Gasteiger partial charge in [0.2, 0.25) is 0 Å². The predicted octanol–water partition coefficient (Wildman–Crippen LogP) is 4.53. The summed E-state index contributed by atoms with van der Waals surface area (Å²) in [7, 11) is -6.53. The molecule has 1 N–H and O–H groups in total. The Morgan fingerprint density at radius 2 is 1.16 bits per heavy atom. The molecule has 0 radical (unpaired) electrons. The normalized spacial score (nSPS) is 12.9. The molecular weight excluding hydrogens is 440 g/mol. The lowest BCUT2D eigenvalue weighted by atomic mass is 10.1. The van der Waals surface area contributed by atoms with E-state index in [1.165, 1.54) is 0 Å². The molecule has 10 heteroatoms. The number of hydrogen-bond donors (Lipinski definition) is 1. The van der Waals surface area contributed by atoms with Gasteiger partial charge in [-0.3, -0.25) is 9.13 Å². The molecule has 0 aromatic heterocycles. The number of quaternary nitrogens is 1. The fraction of sp³-hybridized carbons (Fsp3) is 0.714. The van der Waals surface area contributed by atoms with E-state index in [-0.39, 0.29) is 18.9 Å². The molecule has 0 saturated carbocycles. The molecule has 31 heavy (non-hydrogen) atoms. The summed E-state index contributed by atoms with van der Waals surface area (Å²) in [5.74, 6) is 0. The molecule has 0 aliphatic heterocycles. The molecule has 0 bridgehead atoms. The first-order valence-electron chi connectivity index (χ1n) is 11.1. The predicted molar refractivity (Wildman–Crippen MR) is 124 cm³/mol. The molecule has 0 amide bonds. The van der Waals surface area contributed by atoms with Crippen LogP contribution >= 0.6 is 15.2 Å². The average molecular weight is 480 g/mol. The topological polar surface area (TPSA) is 91.3 Å². The van der Waals surface area contributed by atoms with Gasteiger partial charge in [0.05, 0.1) is 58.4 Å². The van der Waals surface area contributed by atoms with Gasteiger partial charge in [0.1, 0.15) is 13.1 Å². The van der Waals surface area contributed by atoms with Crippen molar-refractivity contribution < 1.29 is 36.8 Å². The van der Waals surface area contributed by atoms with Crippen LogP contribution in [0.15, 0.2) is 30.3 Å². The molecule has 1 aromatic rings. The summed E-state index contributed by atoms with van der Waals surface area (Å²) in [5, 5.41) is 9.87. The molecule has 1 rings (SSSR count). The highest BCUT2D eigenvalue weighted by Gasteiger charge is 2.36. The molecule has 0 heterocycles. The molecule has 0 spiro atoms. The van der Waals surface area contributed by atoms with Gasteiger partial charge in [0.15, 0.2) is 0 Å². The SMILES string of the molecule is CCOP(=O)(CC[N+](CCO)(CCP(=O)(OCC)OCC)Cc1ccccc1)OCC. The van der Waals surface area contributed by atoms with E-state index >= 15 is 0 Å². The number of aliphatic hydroxyl groups excluding tert-OH is 1.